The van der Waals surface area contributed by atoms with Crippen molar-refractivity contribution in [2.75, 3.05) is 0 Å². The summed E-state index contributed by atoms with van der Waals surface area (Å²) in [5.74, 6) is -0.999. The Bertz CT molecular complexity index is 638. The highest BCUT2D eigenvalue weighted by Gasteiger charge is 2.36. The lowest BCUT2D eigenvalue weighted by Crippen LogP contribution is -2.24. The monoisotopic (exact) mass is 246 g/mol. The molecule has 0 aromatic heterocycles. The maximum absolute atomic E-state index is 11.8. The van der Waals surface area contributed by atoms with Crippen molar-refractivity contribution in [3.63, 3.8) is 0 Å². The molecule has 84 valence electrons. The van der Waals surface area contributed by atoms with E-state index in [2.05, 4.69) is 0 Å². The summed E-state index contributed by atoms with van der Waals surface area (Å²) in [7, 11) is 0. The molecule has 0 saturated carbocycles. The largest absolute Gasteiger partial charge is 0.462 e. The van der Waals surface area contributed by atoms with Crippen LogP contribution in [0.25, 0.3) is 11.3 Å². The molecule has 0 bridgehead atoms. The normalized spacial score (nSPS) is 17.6. The Hall–Kier alpha value is -1.87. The van der Waals surface area contributed by atoms with Crippen molar-refractivity contribution in [2.45, 2.75) is 6.92 Å². The summed E-state index contributed by atoms with van der Waals surface area (Å²) < 4.78 is 5.34. The van der Waals surface area contributed by atoms with Gasteiger partial charge in [0.15, 0.2) is 5.76 Å². The summed E-state index contributed by atoms with van der Waals surface area (Å²) in [4.78, 5) is 23.5. The van der Waals surface area contributed by atoms with Crippen molar-refractivity contribution >= 4 is 34.5 Å². The first-order valence-corrected chi connectivity index (χ1v) is 5.45. The van der Waals surface area contributed by atoms with Gasteiger partial charge in [-0.3, -0.25) is 9.59 Å². The molecule has 2 aliphatic rings. The third kappa shape index (κ3) is 1.23. The van der Waals surface area contributed by atoms with Crippen LogP contribution in [0.15, 0.2) is 29.5 Å². The van der Waals surface area contributed by atoms with Crippen molar-refractivity contribution in [3.8, 4) is 0 Å². The van der Waals surface area contributed by atoms with Gasteiger partial charge in [0.05, 0.1) is 6.26 Å². The molecule has 1 aliphatic heterocycles. The Morgan fingerprint density at radius 3 is 2.59 bits per heavy atom. The number of ether oxygens (including phenoxy) is 1. The molecule has 1 heterocycles. The van der Waals surface area contributed by atoms with E-state index in [1.54, 1.807) is 12.1 Å². The van der Waals surface area contributed by atoms with Crippen molar-refractivity contribution in [1.29, 1.82) is 0 Å². The number of benzene rings is 1. The molecule has 0 fully saturated rings. The van der Waals surface area contributed by atoms with Crippen LogP contribution in [-0.4, -0.2) is 11.6 Å². The number of Topliss-reactive ketones (excluding diaryl/α,β-unsaturated/α-hetero) is 2. The fourth-order valence-corrected chi connectivity index (χ4v) is 2.30. The average Bonchev–Trinajstić information content (AvgIpc) is 2.35. The fraction of sp³-hybridized carbons (Fsp3) is 0.0769. The number of ketones is 2. The summed E-state index contributed by atoms with van der Waals surface area (Å²) in [6.45, 7) is 1.88. The van der Waals surface area contributed by atoms with Gasteiger partial charge in [-0.15, -0.1) is 0 Å². The molecule has 1 aromatic carbocycles. The van der Waals surface area contributed by atoms with E-state index in [9.17, 15) is 9.59 Å². The van der Waals surface area contributed by atoms with E-state index in [1.165, 1.54) is 6.26 Å². The summed E-state index contributed by atoms with van der Waals surface area (Å²) >= 11 is 5.86. The SMILES string of the molecule is CC1=COC2=C(Cl)C(=O)C(=O)c3cccc1c32. The average molecular weight is 247 g/mol. The minimum atomic E-state index is -0.709. The Morgan fingerprint density at radius 2 is 1.82 bits per heavy atom. The van der Waals surface area contributed by atoms with Gasteiger partial charge in [-0.1, -0.05) is 29.8 Å². The third-order valence-electron chi connectivity index (χ3n) is 2.92. The van der Waals surface area contributed by atoms with Gasteiger partial charge in [0.2, 0.25) is 11.6 Å². The maximum atomic E-state index is 11.8. The summed E-state index contributed by atoms with van der Waals surface area (Å²) in [6.07, 6.45) is 1.53. The molecule has 0 atom stereocenters. The molecule has 0 N–H and O–H groups in total. The van der Waals surface area contributed by atoms with E-state index in [-0.39, 0.29) is 10.8 Å². The molecule has 0 unspecified atom stereocenters. The summed E-state index contributed by atoms with van der Waals surface area (Å²) in [5, 5.41) is -0.140. The zero-order chi connectivity index (χ0) is 12.2. The van der Waals surface area contributed by atoms with Gasteiger partial charge < -0.3 is 4.74 Å². The van der Waals surface area contributed by atoms with Crippen molar-refractivity contribution in [1.82, 2.24) is 0 Å². The van der Waals surface area contributed by atoms with Crippen LogP contribution < -0.4 is 0 Å². The van der Waals surface area contributed by atoms with E-state index >= 15 is 0 Å². The van der Waals surface area contributed by atoms with Gasteiger partial charge in [0.1, 0.15) is 5.03 Å². The third-order valence-corrected chi connectivity index (χ3v) is 3.26. The van der Waals surface area contributed by atoms with Crippen molar-refractivity contribution in [3.05, 3.63) is 46.2 Å². The molecule has 0 amide bonds. The predicted molar refractivity (Wildman–Crippen MR) is 63.3 cm³/mol. The standard InChI is InChI=1S/C13H7ClO3/c1-6-5-17-13-9-7(6)3-2-4-8(9)11(15)12(16)10(13)14/h2-5H,1H3. The summed E-state index contributed by atoms with van der Waals surface area (Å²) in [6, 6.07) is 5.24. The van der Waals surface area contributed by atoms with Crippen molar-refractivity contribution in [2.24, 2.45) is 0 Å². The molecule has 1 aromatic rings. The zero-order valence-electron chi connectivity index (χ0n) is 8.91. The van der Waals surface area contributed by atoms with E-state index in [1.807, 2.05) is 13.0 Å². The predicted octanol–water partition coefficient (Wildman–Crippen LogP) is 2.75. The van der Waals surface area contributed by atoms with Gasteiger partial charge in [-0.2, -0.15) is 0 Å². The van der Waals surface area contributed by atoms with Gasteiger partial charge in [-0.05, 0) is 18.1 Å². The zero-order valence-corrected chi connectivity index (χ0v) is 9.67. The molecule has 1 aliphatic carbocycles. The van der Waals surface area contributed by atoms with E-state index in [0.29, 0.717) is 11.1 Å². The lowest BCUT2D eigenvalue weighted by Gasteiger charge is -2.24. The molecule has 17 heavy (non-hydrogen) atoms. The molecule has 0 spiro atoms. The number of hydrogen-bond acceptors (Lipinski definition) is 3. The highest BCUT2D eigenvalue weighted by molar-refractivity contribution is 6.64. The van der Waals surface area contributed by atoms with Crippen LogP contribution >= 0.6 is 11.6 Å². The van der Waals surface area contributed by atoms with Gasteiger partial charge in [-0.25, -0.2) is 0 Å². The lowest BCUT2D eigenvalue weighted by atomic mass is 9.87. The minimum Gasteiger partial charge on any atom is -0.462 e. The second-order valence-corrected chi connectivity index (χ2v) is 4.33. The van der Waals surface area contributed by atoms with Crippen LogP contribution in [0.5, 0.6) is 0 Å². The molecular weight excluding hydrogens is 240 g/mol. The second kappa shape index (κ2) is 3.31. The van der Waals surface area contributed by atoms with Crippen LogP contribution in [0.4, 0.5) is 0 Å². The molecule has 3 rings (SSSR count). The van der Waals surface area contributed by atoms with Crippen molar-refractivity contribution < 1.29 is 14.3 Å². The number of carbonyl (C=O) groups is 2. The van der Waals surface area contributed by atoms with Crippen LogP contribution in [0.2, 0.25) is 0 Å². The fourth-order valence-electron chi connectivity index (χ4n) is 2.07. The van der Waals surface area contributed by atoms with Gasteiger partial charge in [0.25, 0.3) is 0 Å². The summed E-state index contributed by atoms with van der Waals surface area (Å²) in [5.41, 5.74) is 2.77. The Kier molecular flexibility index (Phi) is 2.00. The maximum Gasteiger partial charge on any atom is 0.248 e. The highest BCUT2D eigenvalue weighted by Crippen LogP contribution is 2.40. The topological polar surface area (TPSA) is 43.4 Å². The molecular formula is C13H7ClO3. The Labute approximate surface area is 102 Å². The quantitative estimate of drug-likeness (QED) is 0.661. The van der Waals surface area contributed by atoms with E-state index < -0.39 is 11.6 Å². The number of rotatable bonds is 0. The first-order chi connectivity index (χ1) is 8.11. The Balaban J connectivity index is 2.45. The number of halogens is 1. The number of hydrogen-bond donors (Lipinski definition) is 0. The number of allylic oxidation sites excluding steroid dienone is 2. The van der Waals surface area contributed by atoms with E-state index in [0.717, 1.165) is 11.1 Å². The van der Waals surface area contributed by atoms with Gasteiger partial charge in [0, 0.05) is 11.1 Å². The first kappa shape index (κ1) is 10.3. The molecule has 3 nitrogen and oxygen atoms in total. The highest BCUT2D eigenvalue weighted by atomic mass is 35.5. The van der Waals surface area contributed by atoms with Gasteiger partial charge >= 0.3 is 0 Å². The number of carbonyl (C=O) groups excluding carboxylic acids is 2. The molecule has 0 saturated heterocycles. The molecule has 4 heteroatoms. The van der Waals surface area contributed by atoms with Crippen LogP contribution in [0.3, 0.4) is 0 Å². The van der Waals surface area contributed by atoms with Crippen LogP contribution in [0, 0.1) is 0 Å². The second-order valence-electron chi connectivity index (χ2n) is 3.95. The smallest absolute Gasteiger partial charge is 0.248 e. The first-order valence-electron chi connectivity index (χ1n) is 5.07. The van der Waals surface area contributed by atoms with E-state index in [4.69, 9.17) is 16.3 Å². The Morgan fingerprint density at radius 1 is 1.12 bits per heavy atom. The molecule has 0 radical (unpaired) electrons. The lowest BCUT2D eigenvalue weighted by molar-refractivity contribution is -0.111. The van der Waals surface area contributed by atoms with Crippen LogP contribution in [0.1, 0.15) is 28.4 Å². The van der Waals surface area contributed by atoms with Crippen LogP contribution in [-0.2, 0) is 9.53 Å². The minimum absolute atomic E-state index is 0.140.